The van der Waals surface area contributed by atoms with Crippen LogP contribution in [0.1, 0.15) is 15.9 Å². The number of ketones is 1. The summed E-state index contributed by atoms with van der Waals surface area (Å²) >= 11 is 5.94. The van der Waals surface area contributed by atoms with Crippen LogP contribution >= 0.6 is 11.6 Å². The van der Waals surface area contributed by atoms with Crippen LogP contribution in [0.25, 0.3) is 16.8 Å². The molecule has 0 N–H and O–H groups in total. The average molecular weight is 335 g/mol. The van der Waals surface area contributed by atoms with Crippen LogP contribution in [-0.2, 0) is 4.79 Å². The monoisotopic (exact) mass is 334 g/mol. The van der Waals surface area contributed by atoms with Crippen molar-refractivity contribution in [3.8, 4) is 5.75 Å². The molecule has 0 bridgehead atoms. The zero-order chi connectivity index (χ0) is 16.7. The standard InChI is InChI=1S/C20H11ClO3/c21-15-7-8-18-16(11-15)19(22)17(20(23)24-18)10-12-5-6-13-3-1-2-4-14(13)9-12/h1-11H/b17-10-. The number of hydrogen-bond acceptors (Lipinski definition) is 3. The fourth-order valence-corrected chi connectivity index (χ4v) is 2.92. The maximum atomic E-state index is 12.6. The lowest BCUT2D eigenvalue weighted by Gasteiger charge is -2.17. The Hall–Kier alpha value is -2.91. The minimum Gasteiger partial charge on any atom is -0.422 e. The van der Waals surface area contributed by atoms with Crippen molar-refractivity contribution in [1.82, 2.24) is 0 Å². The molecule has 116 valence electrons. The first-order valence-corrected chi connectivity index (χ1v) is 7.76. The van der Waals surface area contributed by atoms with Gasteiger partial charge in [-0.05, 0) is 46.7 Å². The average Bonchev–Trinajstić information content (AvgIpc) is 2.59. The number of hydrogen-bond donors (Lipinski definition) is 0. The van der Waals surface area contributed by atoms with E-state index >= 15 is 0 Å². The number of esters is 1. The van der Waals surface area contributed by atoms with Crippen LogP contribution in [0.3, 0.4) is 0 Å². The van der Waals surface area contributed by atoms with Gasteiger partial charge in [0.25, 0.3) is 0 Å². The summed E-state index contributed by atoms with van der Waals surface area (Å²) in [7, 11) is 0. The Morgan fingerprint density at radius 1 is 0.875 bits per heavy atom. The number of rotatable bonds is 1. The predicted octanol–water partition coefficient (Wildman–Crippen LogP) is 4.68. The van der Waals surface area contributed by atoms with Gasteiger partial charge in [-0.3, -0.25) is 4.79 Å². The molecule has 1 aliphatic rings. The smallest absolute Gasteiger partial charge is 0.347 e. The molecular weight excluding hydrogens is 324 g/mol. The predicted molar refractivity (Wildman–Crippen MR) is 93.3 cm³/mol. The summed E-state index contributed by atoms with van der Waals surface area (Å²) in [6, 6.07) is 18.3. The Bertz CT molecular complexity index is 1030. The van der Waals surface area contributed by atoms with E-state index in [4.69, 9.17) is 16.3 Å². The third kappa shape index (κ3) is 2.49. The summed E-state index contributed by atoms with van der Waals surface area (Å²) < 4.78 is 5.24. The lowest BCUT2D eigenvalue weighted by molar-refractivity contribution is -0.130. The summed E-state index contributed by atoms with van der Waals surface area (Å²) in [6.45, 7) is 0. The highest BCUT2D eigenvalue weighted by Gasteiger charge is 2.30. The number of carbonyl (C=O) groups is 2. The van der Waals surface area contributed by atoms with E-state index in [0.29, 0.717) is 10.6 Å². The van der Waals surface area contributed by atoms with Crippen LogP contribution in [0.2, 0.25) is 5.02 Å². The molecule has 0 saturated carbocycles. The fraction of sp³-hybridized carbons (Fsp3) is 0. The van der Waals surface area contributed by atoms with Crippen molar-refractivity contribution in [2.24, 2.45) is 0 Å². The molecule has 0 atom stereocenters. The highest BCUT2D eigenvalue weighted by atomic mass is 35.5. The summed E-state index contributed by atoms with van der Waals surface area (Å²) in [5, 5.41) is 2.55. The van der Waals surface area contributed by atoms with Crippen molar-refractivity contribution in [1.29, 1.82) is 0 Å². The van der Waals surface area contributed by atoms with Crippen LogP contribution in [0, 0.1) is 0 Å². The van der Waals surface area contributed by atoms with E-state index in [-0.39, 0.29) is 17.1 Å². The van der Waals surface area contributed by atoms with Crippen LogP contribution in [-0.4, -0.2) is 11.8 Å². The second kappa shape index (κ2) is 5.62. The van der Waals surface area contributed by atoms with E-state index in [9.17, 15) is 9.59 Å². The molecule has 3 aromatic rings. The molecule has 24 heavy (non-hydrogen) atoms. The van der Waals surface area contributed by atoms with Crippen molar-refractivity contribution in [3.63, 3.8) is 0 Å². The van der Waals surface area contributed by atoms with E-state index in [2.05, 4.69) is 0 Å². The first kappa shape index (κ1) is 14.7. The zero-order valence-corrected chi connectivity index (χ0v) is 13.2. The summed E-state index contributed by atoms with van der Waals surface area (Å²) in [6.07, 6.45) is 1.56. The molecule has 4 heteroatoms. The largest absolute Gasteiger partial charge is 0.422 e. The zero-order valence-electron chi connectivity index (χ0n) is 12.5. The Balaban J connectivity index is 1.80. The molecule has 0 saturated heterocycles. The number of benzene rings is 3. The summed E-state index contributed by atoms with van der Waals surface area (Å²) in [5.74, 6) is -0.787. The van der Waals surface area contributed by atoms with Gasteiger partial charge in [0.15, 0.2) is 0 Å². The molecule has 3 nitrogen and oxygen atoms in total. The molecule has 1 heterocycles. The third-order valence-corrected chi connectivity index (χ3v) is 4.17. The summed E-state index contributed by atoms with van der Waals surface area (Å²) in [4.78, 5) is 24.8. The van der Waals surface area contributed by atoms with Crippen LogP contribution in [0.5, 0.6) is 5.75 Å². The molecule has 0 spiro atoms. The number of Topliss-reactive ketones (excluding diaryl/α,β-unsaturated/α-hetero) is 1. The second-order valence-electron chi connectivity index (χ2n) is 5.52. The quantitative estimate of drug-likeness (QED) is 0.281. The van der Waals surface area contributed by atoms with Gasteiger partial charge in [-0.15, -0.1) is 0 Å². The molecule has 0 unspecified atom stereocenters. The van der Waals surface area contributed by atoms with Crippen molar-refractivity contribution in [2.75, 3.05) is 0 Å². The molecule has 0 amide bonds. The minimum absolute atomic E-state index is 0.0000442. The van der Waals surface area contributed by atoms with E-state index in [1.54, 1.807) is 12.1 Å². The number of ether oxygens (including phenoxy) is 1. The lowest BCUT2D eigenvalue weighted by Crippen LogP contribution is -2.25. The van der Waals surface area contributed by atoms with E-state index in [1.165, 1.54) is 12.1 Å². The van der Waals surface area contributed by atoms with Gasteiger partial charge in [-0.1, -0.05) is 48.0 Å². The van der Waals surface area contributed by atoms with Crippen LogP contribution in [0.4, 0.5) is 0 Å². The van der Waals surface area contributed by atoms with Gasteiger partial charge in [-0.25, -0.2) is 4.79 Å². The molecule has 0 fully saturated rings. The van der Waals surface area contributed by atoms with Gasteiger partial charge in [0.1, 0.15) is 11.3 Å². The highest BCUT2D eigenvalue weighted by Crippen LogP contribution is 2.31. The highest BCUT2D eigenvalue weighted by molar-refractivity contribution is 6.33. The first-order chi connectivity index (χ1) is 11.6. The van der Waals surface area contributed by atoms with Gasteiger partial charge in [0, 0.05) is 5.02 Å². The molecule has 0 radical (unpaired) electrons. The third-order valence-electron chi connectivity index (χ3n) is 3.94. The number of fused-ring (bicyclic) bond motifs is 2. The van der Waals surface area contributed by atoms with Crippen molar-refractivity contribution in [2.45, 2.75) is 0 Å². The molecule has 1 aliphatic heterocycles. The molecule has 0 aliphatic carbocycles. The summed E-state index contributed by atoms with van der Waals surface area (Å²) in [5.41, 5.74) is 1.06. The molecular formula is C20H11ClO3. The van der Waals surface area contributed by atoms with E-state index < -0.39 is 5.97 Å². The van der Waals surface area contributed by atoms with Gasteiger partial charge < -0.3 is 4.74 Å². The van der Waals surface area contributed by atoms with Gasteiger partial charge >= 0.3 is 5.97 Å². The lowest BCUT2D eigenvalue weighted by atomic mass is 9.97. The van der Waals surface area contributed by atoms with E-state index in [1.807, 2.05) is 42.5 Å². The Kier molecular flexibility index (Phi) is 3.44. The SMILES string of the molecule is O=C1Oc2ccc(Cl)cc2C(=O)/C1=C/c1ccc2ccccc2c1. The Morgan fingerprint density at radius 3 is 2.50 bits per heavy atom. The molecule has 0 aromatic heterocycles. The van der Waals surface area contributed by atoms with Gasteiger partial charge in [-0.2, -0.15) is 0 Å². The Morgan fingerprint density at radius 2 is 1.67 bits per heavy atom. The van der Waals surface area contributed by atoms with Crippen LogP contribution < -0.4 is 4.74 Å². The topological polar surface area (TPSA) is 43.4 Å². The fourth-order valence-electron chi connectivity index (χ4n) is 2.75. The number of carbonyl (C=O) groups excluding carboxylic acids is 2. The van der Waals surface area contributed by atoms with Crippen LogP contribution in [0.15, 0.2) is 66.2 Å². The number of halogens is 1. The second-order valence-corrected chi connectivity index (χ2v) is 5.96. The normalized spacial score (nSPS) is 15.5. The van der Waals surface area contributed by atoms with Crippen molar-refractivity contribution >= 4 is 40.2 Å². The molecule has 4 rings (SSSR count). The maximum Gasteiger partial charge on any atom is 0.347 e. The maximum absolute atomic E-state index is 12.6. The minimum atomic E-state index is -0.650. The first-order valence-electron chi connectivity index (χ1n) is 7.39. The van der Waals surface area contributed by atoms with Gasteiger partial charge in [0.2, 0.25) is 5.78 Å². The van der Waals surface area contributed by atoms with E-state index in [0.717, 1.165) is 16.3 Å². The van der Waals surface area contributed by atoms with Gasteiger partial charge in [0.05, 0.1) is 5.56 Å². The van der Waals surface area contributed by atoms with Crippen molar-refractivity contribution < 1.29 is 14.3 Å². The molecule has 3 aromatic carbocycles. The van der Waals surface area contributed by atoms with Crippen molar-refractivity contribution in [3.05, 3.63) is 82.4 Å². The Labute approximate surface area is 143 Å².